The molecule has 1 aromatic heterocycles. The first-order valence-electron chi connectivity index (χ1n) is 10.4. The fraction of sp³-hybridized carbons (Fsp3) is 0.391. The number of Topliss-reactive ketones (excluding diaryl/α,β-unsaturated/α-hetero) is 1. The first kappa shape index (κ1) is 19.9. The number of amides is 1. The van der Waals surface area contributed by atoms with Gasteiger partial charge in [0.15, 0.2) is 16.7 Å². The van der Waals surface area contributed by atoms with Crippen molar-refractivity contribution in [2.45, 2.75) is 38.3 Å². The third-order valence-corrected chi connectivity index (χ3v) is 7.15. The van der Waals surface area contributed by atoms with Crippen LogP contribution in [-0.2, 0) is 19.1 Å². The van der Waals surface area contributed by atoms with Crippen LogP contribution >= 0.6 is 11.3 Å². The van der Waals surface area contributed by atoms with Crippen LogP contribution in [0.3, 0.4) is 0 Å². The van der Waals surface area contributed by atoms with Gasteiger partial charge in [0.1, 0.15) is 6.10 Å². The van der Waals surface area contributed by atoms with Crippen LogP contribution in [0.4, 0.5) is 5.13 Å². The quantitative estimate of drug-likeness (QED) is 0.680. The van der Waals surface area contributed by atoms with Crippen molar-refractivity contribution >= 4 is 34.1 Å². The number of hydrogen-bond acceptors (Lipinski definition) is 7. The lowest BCUT2D eigenvalue weighted by molar-refractivity contribution is -0.132. The van der Waals surface area contributed by atoms with Gasteiger partial charge in [-0.3, -0.25) is 14.5 Å². The van der Waals surface area contributed by atoms with Crippen LogP contribution in [0.5, 0.6) is 0 Å². The summed E-state index contributed by atoms with van der Waals surface area (Å²) in [6.45, 7) is 2.15. The van der Waals surface area contributed by atoms with Crippen LogP contribution in [0.2, 0.25) is 0 Å². The van der Waals surface area contributed by atoms with Crippen molar-refractivity contribution in [2.24, 2.45) is 11.8 Å². The number of anilines is 1. The minimum absolute atomic E-state index is 0.00718. The highest BCUT2D eigenvalue weighted by molar-refractivity contribution is 7.13. The fourth-order valence-corrected chi connectivity index (χ4v) is 5.51. The van der Waals surface area contributed by atoms with Crippen LogP contribution in [0.1, 0.15) is 48.1 Å². The number of rotatable bonds is 3. The summed E-state index contributed by atoms with van der Waals surface area (Å²) in [6, 6.07) is 6.16. The van der Waals surface area contributed by atoms with Crippen LogP contribution < -0.4 is 4.90 Å². The number of carbonyl (C=O) groups is 3. The van der Waals surface area contributed by atoms with Gasteiger partial charge in [-0.25, -0.2) is 9.78 Å². The molecule has 31 heavy (non-hydrogen) atoms. The summed E-state index contributed by atoms with van der Waals surface area (Å²) in [7, 11) is 1.33. The molecule has 3 heterocycles. The molecule has 2 aromatic rings. The fourth-order valence-electron chi connectivity index (χ4n) is 4.84. The van der Waals surface area contributed by atoms with Gasteiger partial charge in [-0.2, -0.15) is 0 Å². The Kier molecular flexibility index (Phi) is 4.89. The van der Waals surface area contributed by atoms with E-state index in [1.165, 1.54) is 18.4 Å². The average Bonchev–Trinajstić information content (AvgIpc) is 3.40. The summed E-state index contributed by atoms with van der Waals surface area (Å²) in [6.07, 6.45) is 3.91. The molecule has 1 amide bonds. The summed E-state index contributed by atoms with van der Waals surface area (Å²) in [4.78, 5) is 44.8. The molecule has 1 saturated carbocycles. The molecule has 7 nitrogen and oxygen atoms in total. The molecule has 0 bridgehead atoms. The third kappa shape index (κ3) is 3.17. The number of nitrogens with zero attached hydrogens (tertiary/aromatic N) is 2. The average molecular weight is 439 g/mol. The number of ether oxygens (including phenoxy) is 2. The zero-order chi connectivity index (χ0) is 21.7. The Balaban J connectivity index is 1.60. The van der Waals surface area contributed by atoms with Gasteiger partial charge in [0.2, 0.25) is 0 Å². The van der Waals surface area contributed by atoms with Crippen molar-refractivity contribution in [3.05, 3.63) is 58.3 Å². The summed E-state index contributed by atoms with van der Waals surface area (Å²) in [5.74, 6) is -0.422. The maximum absolute atomic E-state index is 13.6. The van der Waals surface area contributed by atoms with Gasteiger partial charge in [-0.05, 0) is 42.9 Å². The Morgan fingerprint density at radius 3 is 2.68 bits per heavy atom. The van der Waals surface area contributed by atoms with E-state index in [0.717, 1.165) is 24.8 Å². The summed E-state index contributed by atoms with van der Waals surface area (Å²) in [5.41, 5.74) is 1.53. The second kappa shape index (κ2) is 7.60. The second-order valence-corrected chi connectivity index (χ2v) is 9.17. The Morgan fingerprint density at radius 1 is 1.23 bits per heavy atom. The molecule has 0 saturated heterocycles. The lowest BCUT2D eigenvalue weighted by Gasteiger charge is -2.37. The predicted octanol–water partition coefficient (Wildman–Crippen LogP) is 3.68. The zero-order valence-corrected chi connectivity index (χ0v) is 18.1. The first-order chi connectivity index (χ1) is 15.0. The number of ketones is 1. The number of benzene rings is 1. The Hall–Kier alpha value is -3.00. The van der Waals surface area contributed by atoms with Gasteiger partial charge < -0.3 is 9.47 Å². The number of methoxy groups -OCH3 is 1. The van der Waals surface area contributed by atoms with Gasteiger partial charge in [-0.15, -0.1) is 11.3 Å². The maximum atomic E-state index is 13.6. The summed E-state index contributed by atoms with van der Waals surface area (Å²) < 4.78 is 11.0. The predicted molar refractivity (Wildman–Crippen MR) is 114 cm³/mol. The SMILES string of the molecule is COC(=O)c1ccc(C2C3=C(OC4CCC(C)CC4C3=O)C(=O)N2c2nccs2)cc1. The smallest absolute Gasteiger partial charge is 0.337 e. The van der Waals surface area contributed by atoms with Gasteiger partial charge in [-0.1, -0.05) is 19.1 Å². The van der Waals surface area contributed by atoms with Crippen molar-refractivity contribution in [3.8, 4) is 0 Å². The molecule has 1 aliphatic carbocycles. The minimum atomic E-state index is -0.633. The lowest BCUT2D eigenvalue weighted by Crippen LogP contribution is -2.41. The normalized spacial score (nSPS) is 27.6. The largest absolute Gasteiger partial charge is 0.483 e. The number of aromatic nitrogens is 1. The minimum Gasteiger partial charge on any atom is -0.483 e. The Morgan fingerprint density at radius 2 is 2.00 bits per heavy atom. The summed E-state index contributed by atoms with van der Waals surface area (Å²) >= 11 is 1.33. The number of carbonyl (C=O) groups excluding carboxylic acids is 3. The van der Waals surface area contributed by atoms with Gasteiger partial charge in [0.05, 0.1) is 30.2 Å². The van der Waals surface area contributed by atoms with Gasteiger partial charge in [0, 0.05) is 11.6 Å². The maximum Gasteiger partial charge on any atom is 0.337 e. The number of hydrogen-bond donors (Lipinski definition) is 0. The third-order valence-electron chi connectivity index (χ3n) is 6.38. The molecule has 4 unspecified atom stereocenters. The molecule has 160 valence electrons. The topological polar surface area (TPSA) is 85.8 Å². The first-order valence-corrected chi connectivity index (χ1v) is 11.2. The zero-order valence-electron chi connectivity index (χ0n) is 17.2. The number of fused-ring (bicyclic) bond motifs is 1. The van der Waals surface area contributed by atoms with Crippen molar-refractivity contribution < 1.29 is 23.9 Å². The van der Waals surface area contributed by atoms with Crippen LogP contribution in [0, 0.1) is 11.8 Å². The lowest BCUT2D eigenvalue weighted by atomic mass is 9.74. The van der Waals surface area contributed by atoms with E-state index in [1.54, 1.807) is 40.7 Å². The molecule has 1 fully saturated rings. The highest BCUT2D eigenvalue weighted by Gasteiger charge is 2.53. The van der Waals surface area contributed by atoms with Crippen LogP contribution in [-0.4, -0.2) is 35.9 Å². The van der Waals surface area contributed by atoms with E-state index >= 15 is 0 Å². The van der Waals surface area contributed by atoms with E-state index in [9.17, 15) is 14.4 Å². The van der Waals surface area contributed by atoms with Crippen molar-refractivity contribution in [3.63, 3.8) is 0 Å². The molecule has 5 rings (SSSR count). The van der Waals surface area contributed by atoms with Crippen molar-refractivity contribution in [2.75, 3.05) is 12.0 Å². The van der Waals surface area contributed by atoms with Gasteiger partial charge >= 0.3 is 5.97 Å². The molecule has 8 heteroatoms. The van der Waals surface area contributed by atoms with Crippen LogP contribution in [0.25, 0.3) is 0 Å². The standard InChI is InChI=1S/C23H22N2O5S/c1-12-3-8-16-15(11-12)19(26)17-18(13-4-6-14(7-5-13)22(28)29-2)25(21(27)20(17)30-16)23-24-9-10-31-23/h4-7,9-10,12,15-16,18H,3,8,11H2,1-2H3. The molecular formula is C23H22N2O5S. The molecule has 2 aliphatic heterocycles. The molecule has 3 aliphatic rings. The highest BCUT2D eigenvalue weighted by atomic mass is 32.1. The van der Waals surface area contributed by atoms with E-state index in [2.05, 4.69) is 11.9 Å². The molecule has 4 atom stereocenters. The van der Waals surface area contributed by atoms with E-state index in [0.29, 0.717) is 22.2 Å². The van der Waals surface area contributed by atoms with Gasteiger partial charge in [0.25, 0.3) is 5.91 Å². The van der Waals surface area contributed by atoms with E-state index < -0.39 is 12.0 Å². The van der Waals surface area contributed by atoms with E-state index in [-0.39, 0.29) is 29.5 Å². The Labute approximate surface area is 183 Å². The molecular weight excluding hydrogens is 416 g/mol. The monoisotopic (exact) mass is 438 g/mol. The molecule has 1 aromatic carbocycles. The number of thiazole rings is 1. The highest BCUT2D eigenvalue weighted by Crippen LogP contribution is 2.49. The second-order valence-electron chi connectivity index (χ2n) is 8.29. The van der Waals surface area contributed by atoms with E-state index in [4.69, 9.17) is 9.47 Å². The van der Waals surface area contributed by atoms with Crippen LogP contribution in [0.15, 0.2) is 47.2 Å². The van der Waals surface area contributed by atoms with Crippen molar-refractivity contribution in [1.82, 2.24) is 4.98 Å². The van der Waals surface area contributed by atoms with E-state index in [1.807, 2.05) is 0 Å². The molecule has 0 N–H and O–H groups in total. The summed E-state index contributed by atoms with van der Waals surface area (Å²) in [5, 5.41) is 2.30. The van der Waals surface area contributed by atoms with Crippen molar-refractivity contribution in [1.29, 1.82) is 0 Å². The molecule has 0 spiro atoms. The number of esters is 1. The molecule has 0 radical (unpaired) electrons. The Bertz CT molecular complexity index is 1080.